The number of benzene rings is 1. The van der Waals surface area contributed by atoms with Crippen molar-refractivity contribution in [2.24, 2.45) is 5.92 Å². The Kier molecular flexibility index (Phi) is 8.13. The third-order valence-electron chi connectivity index (χ3n) is 6.21. The van der Waals surface area contributed by atoms with Crippen LogP contribution in [-0.2, 0) is 23.1 Å². The second-order valence-corrected chi connectivity index (χ2v) is 11.1. The number of halogens is 1. The highest BCUT2D eigenvalue weighted by Gasteiger charge is 2.24. The van der Waals surface area contributed by atoms with Gasteiger partial charge in [0, 0.05) is 23.8 Å². The molecule has 1 saturated carbocycles. The first-order valence-electron chi connectivity index (χ1n) is 11.9. The number of sulfonamides is 1. The number of methoxy groups -OCH3 is 1. The standard InChI is InChI=1S/C24H30FN7O4S/c1-15-10-18(12-21(27-15)24(33)26-13-17-6-9-20(25)22(11-17)36-2)23-28-31-32(29-23)14-16-4-7-19(8-5-16)30-37(3,34)35/h6,9-12,16,19,30H,4-5,7-8,13-14H2,1-3H3,(H,26,33)/t16-,19-. The highest BCUT2D eigenvalue weighted by atomic mass is 32.2. The Morgan fingerprint density at radius 2 is 1.95 bits per heavy atom. The first kappa shape index (κ1) is 26.6. The molecule has 1 aliphatic rings. The van der Waals surface area contributed by atoms with Crippen molar-refractivity contribution in [1.29, 1.82) is 0 Å². The van der Waals surface area contributed by atoms with Crippen molar-refractivity contribution >= 4 is 15.9 Å². The van der Waals surface area contributed by atoms with Gasteiger partial charge in [-0.15, -0.1) is 10.2 Å². The first-order chi connectivity index (χ1) is 17.6. The quantitative estimate of drug-likeness (QED) is 0.428. The van der Waals surface area contributed by atoms with Crippen LogP contribution < -0.4 is 14.8 Å². The monoisotopic (exact) mass is 531 g/mol. The van der Waals surface area contributed by atoms with Gasteiger partial charge in [-0.2, -0.15) is 4.80 Å². The van der Waals surface area contributed by atoms with Crippen molar-refractivity contribution < 1.29 is 22.3 Å². The molecule has 0 unspecified atom stereocenters. The lowest BCUT2D eigenvalue weighted by molar-refractivity contribution is 0.0945. The molecule has 2 heterocycles. The maximum atomic E-state index is 13.6. The lowest BCUT2D eigenvalue weighted by Gasteiger charge is -2.27. The van der Waals surface area contributed by atoms with Crippen LogP contribution in [0.2, 0.25) is 0 Å². The van der Waals surface area contributed by atoms with Gasteiger partial charge in [-0.25, -0.2) is 22.5 Å². The summed E-state index contributed by atoms with van der Waals surface area (Å²) >= 11 is 0. The summed E-state index contributed by atoms with van der Waals surface area (Å²) in [7, 11) is -1.82. The molecule has 4 rings (SSSR count). The summed E-state index contributed by atoms with van der Waals surface area (Å²) in [5, 5.41) is 15.6. The van der Waals surface area contributed by atoms with Crippen molar-refractivity contribution in [3.63, 3.8) is 0 Å². The average molecular weight is 532 g/mol. The number of rotatable bonds is 9. The summed E-state index contributed by atoms with van der Waals surface area (Å²) in [5.41, 5.74) is 2.13. The molecule has 2 N–H and O–H groups in total. The van der Waals surface area contributed by atoms with Crippen molar-refractivity contribution in [3.8, 4) is 17.1 Å². The fourth-order valence-electron chi connectivity index (χ4n) is 4.43. The van der Waals surface area contributed by atoms with E-state index in [-0.39, 0.29) is 29.9 Å². The number of nitrogens with one attached hydrogen (secondary N) is 2. The molecule has 0 aliphatic heterocycles. The van der Waals surface area contributed by atoms with Gasteiger partial charge < -0.3 is 10.1 Å². The number of aromatic nitrogens is 5. The molecular weight excluding hydrogens is 501 g/mol. The molecule has 0 saturated heterocycles. The fourth-order valence-corrected chi connectivity index (χ4v) is 5.27. The summed E-state index contributed by atoms with van der Waals surface area (Å²) in [6.07, 6.45) is 4.45. The molecule has 3 aromatic rings. The lowest BCUT2D eigenvalue weighted by Crippen LogP contribution is -2.37. The van der Waals surface area contributed by atoms with Crippen molar-refractivity contribution in [2.75, 3.05) is 13.4 Å². The topological polar surface area (TPSA) is 141 Å². The van der Waals surface area contributed by atoms with Crippen LogP contribution in [0.15, 0.2) is 30.3 Å². The second-order valence-electron chi connectivity index (χ2n) is 9.31. The van der Waals surface area contributed by atoms with Crippen molar-refractivity contribution in [2.45, 2.75) is 51.7 Å². The minimum Gasteiger partial charge on any atom is -0.494 e. The first-order valence-corrected chi connectivity index (χ1v) is 13.8. The van der Waals surface area contributed by atoms with Crippen molar-refractivity contribution in [1.82, 2.24) is 35.2 Å². The highest BCUT2D eigenvalue weighted by molar-refractivity contribution is 7.88. The number of hydrogen-bond donors (Lipinski definition) is 2. The molecule has 0 spiro atoms. The smallest absolute Gasteiger partial charge is 0.270 e. The normalized spacial score (nSPS) is 17.9. The number of pyridine rings is 1. The van der Waals surface area contributed by atoms with Crippen LogP contribution in [0.1, 0.15) is 47.4 Å². The van der Waals surface area contributed by atoms with Gasteiger partial charge in [-0.1, -0.05) is 6.07 Å². The zero-order valence-corrected chi connectivity index (χ0v) is 21.8. The van der Waals surface area contributed by atoms with Crippen LogP contribution in [0.5, 0.6) is 5.75 Å². The van der Waals surface area contributed by atoms with Crippen molar-refractivity contribution in [3.05, 3.63) is 53.1 Å². The van der Waals surface area contributed by atoms with Gasteiger partial charge in [0.05, 0.1) is 19.9 Å². The number of carbonyl (C=O) groups is 1. The SMILES string of the molecule is COc1cc(CNC(=O)c2cc(-c3nnn(C[C@H]4CC[C@H](NS(C)(=O)=O)CC4)n3)cc(C)n2)ccc1F. The predicted octanol–water partition coefficient (Wildman–Crippen LogP) is 2.23. The molecule has 1 amide bonds. The Labute approximate surface area is 214 Å². The van der Waals surface area contributed by atoms with E-state index in [0.29, 0.717) is 35.1 Å². The molecule has 1 aliphatic carbocycles. The Morgan fingerprint density at radius 3 is 2.65 bits per heavy atom. The summed E-state index contributed by atoms with van der Waals surface area (Å²) in [5.74, 6) is -0.0455. The zero-order chi connectivity index (χ0) is 26.6. The average Bonchev–Trinajstić information content (AvgIpc) is 3.32. The van der Waals surface area contributed by atoms with E-state index in [1.165, 1.54) is 25.5 Å². The maximum Gasteiger partial charge on any atom is 0.270 e. The minimum atomic E-state index is -3.21. The number of ether oxygens (including phenoxy) is 1. The zero-order valence-electron chi connectivity index (χ0n) is 20.9. The summed E-state index contributed by atoms with van der Waals surface area (Å²) in [4.78, 5) is 18.6. The molecular formula is C24H30FN7O4S. The Hall–Kier alpha value is -3.45. The van der Waals surface area contributed by atoms with Gasteiger partial charge in [0.2, 0.25) is 15.8 Å². The van der Waals surface area contributed by atoms with Gasteiger partial charge in [-0.3, -0.25) is 4.79 Å². The van der Waals surface area contributed by atoms with Gasteiger partial charge in [0.15, 0.2) is 11.6 Å². The number of nitrogens with zero attached hydrogens (tertiary/aromatic N) is 5. The lowest BCUT2D eigenvalue weighted by atomic mass is 9.86. The van der Waals surface area contributed by atoms with Crippen LogP contribution in [0, 0.1) is 18.7 Å². The van der Waals surface area contributed by atoms with E-state index < -0.39 is 15.8 Å². The Bertz CT molecular complexity index is 1370. The van der Waals surface area contributed by atoms with E-state index >= 15 is 0 Å². The number of tetrazole rings is 1. The van der Waals surface area contributed by atoms with Gasteiger partial charge in [0.1, 0.15) is 5.69 Å². The minimum absolute atomic E-state index is 0.0278. The Morgan fingerprint density at radius 1 is 1.19 bits per heavy atom. The molecule has 13 heteroatoms. The Balaban J connectivity index is 1.38. The summed E-state index contributed by atoms with van der Waals surface area (Å²) in [6, 6.07) is 7.75. The van der Waals surface area contributed by atoms with Crippen LogP contribution in [0.25, 0.3) is 11.4 Å². The van der Waals surface area contributed by atoms with E-state index in [4.69, 9.17) is 4.74 Å². The van der Waals surface area contributed by atoms with Gasteiger partial charge in [0.25, 0.3) is 5.91 Å². The fraction of sp³-hybridized carbons (Fsp3) is 0.458. The molecule has 0 radical (unpaired) electrons. The molecule has 11 nitrogen and oxygen atoms in total. The van der Waals surface area contributed by atoms with Gasteiger partial charge >= 0.3 is 0 Å². The predicted molar refractivity (Wildman–Crippen MR) is 134 cm³/mol. The summed E-state index contributed by atoms with van der Waals surface area (Å²) in [6.45, 7) is 2.53. The van der Waals surface area contributed by atoms with Crippen LogP contribution in [-0.4, -0.2) is 58.9 Å². The highest BCUT2D eigenvalue weighted by Crippen LogP contribution is 2.26. The van der Waals surface area contributed by atoms with E-state index in [1.54, 1.807) is 29.9 Å². The molecule has 2 aromatic heterocycles. The third kappa shape index (κ3) is 7.29. The molecule has 0 bridgehead atoms. The molecule has 1 fully saturated rings. The third-order valence-corrected chi connectivity index (χ3v) is 6.98. The van der Waals surface area contributed by atoms with Crippen LogP contribution in [0.3, 0.4) is 0 Å². The van der Waals surface area contributed by atoms with E-state index in [2.05, 4.69) is 30.4 Å². The number of amides is 1. The maximum absolute atomic E-state index is 13.6. The molecule has 198 valence electrons. The molecule has 37 heavy (non-hydrogen) atoms. The van der Waals surface area contributed by atoms with Crippen LogP contribution in [0.4, 0.5) is 4.39 Å². The van der Waals surface area contributed by atoms with E-state index in [1.807, 2.05) is 0 Å². The van der Waals surface area contributed by atoms with E-state index in [0.717, 1.165) is 25.7 Å². The number of aryl methyl sites for hydroxylation is 1. The molecule has 1 aromatic carbocycles. The van der Waals surface area contributed by atoms with E-state index in [9.17, 15) is 17.6 Å². The second kappa shape index (κ2) is 11.3. The van der Waals surface area contributed by atoms with Crippen LogP contribution >= 0.6 is 0 Å². The van der Waals surface area contributed by atoms with Gasteiger partial charge in [-0.05, 0) is 73.6 Å². The number of hydrogen-bond acceptors (Lipinski definition) is 8. The molecule has 0 atom stereocenters. The number of carbonyl (C=O) groups excluding carboxylic acids is 1. The summed E-state index contributed by atoms with van der Waals surface area (Å²) < 4.78 is 44.2. The largest absolute Gasteiger partial charge is 0.494 e.